The van der Waals surface area contributed by atoms with Crippen LogP contribution >= 0.6 is 0 Å². The van der Waals surface area contributed by atoms with Gasteiger partial charge in [-0.1, -0.05) is 43.3 Å². The topological polar surface area (TPSA) is 54.1 Å². The second-order valence-corrected chi connectivity index (χ2v) is 6.94. The molecule has 3 aromatic rings. The molecule has 26 heavy (non-hydrogen) atoms. The zero-order valence-corrected chi connectivity index (χ0v) is 15.4. The number of hydrogen-bond donors (Lipinski definition) is 2. The highest BCUT2D eigenvalue weighted by atomic mass is 16.5. The number of methoxy groups -OCH3 is 1. The maximum atomic E-state index is 12.4. The number of carbonyl (C=O) groups is 1. The van der Waals surface area contributed by atoms with E-state index in [-0.39, 0.29) is 18.1 Å². The summed E-state index contributed by atoms with van der Waals surface area (Å²) in [5, 5.41) is 4.74. The summed E-state index contributed by atoms with van der Waals surface area (Å²) < 4.78 is 5.05. The third-order valence-electron chi connectivity index (χ3n) is 5.48. The molecule has 2 atom stereocenters. The molecule has 4 rings (SSSR count). The van der Waals surface area contributed by atoms with Crippen molar-refractivity contribution in [2.24, 2.45) is 0 Å². The minimum Gasteiger partial charge on any atom is -0.468 e. The number of fused-ring (bicyclic) bond motifs is 3. The molecule has 4 nitrogen and oxygen atoms in total. The number of para-hydroxylation sites is 1. The average Bonchev–Trinajstić information content (AvgIpc) is 3.05. The molecule has 0 spiro atoms. The Labute approximate surface area is 153 Å². The zero-order chi connectivity index (χ0) is 18.3. The molecule has 1 aliphatic heterocycles. The van der Waals surface area contributed by atoms with Gasteiger partial charge in [-0.25, -0.2) is 0 Å². The lowest BCUT2D eigenvalue weighted by Crippen LogP contribution is -2.46. The smallest absolute Gasteiger partial charge is 0.323 e. The molecule has 0 radical (unpaired) electrons. The molecule has 0 fully saturated rings. The standard InChI is InChI=1S/C22H24N2O2/c1-4-14-9-7-8-13(2)19(14)21-20-16(12-18(24-21)22(25)26-3)15-10-5-6-11-17(15)23-20/h5-11,18,21,23-24H,4,12H2,1-3H3. The van der Waals surface area contributed by atoms with Crippen molar-refractivity contribution in [1.29, 1.82) is 0 Å². The summed E-state index contributed by atoms with van der Waals surface area (Å²) in [6.07, 6.45) is 1.59. The van der Waals surface area contributed by atoms with Gasteiger partial charge in [0.1, 0.15) is 6.04 Å². The van der Waals surface area contributed by atoms with E-state index >= 15 is 0 Å². The number of H-pyrrole nitrogens is 1. The van der Waals surface area contributed by atoms with E-state index in [1.54, 1.807) is 0 Å². The molecule has 0 aliphatic carbocycles. The summed E-state index contributed by atoms with van der Waals surface area (Å²) in [4.78, 5) is 16.0. The van der Waals surface area contributed by atoms with Crippen molar-refractivity contribution < 1.29 is 9.53 Å². The fourth-order valence-electron chi connectivity index (χ4n) is 4.22. The Morgan fingerprint density at radius 1 is 1.19 bits per heavy atom. The van der Waals surface area contributed by atoms with Gasteiger partial charge < -0.3 is 9.72 Å². The second-order valence-electron chi connectivity index (χ2n) is 6.94. The number of nitrogens with one attached hydrogen (secondary N) is 2. The molecule has 1 aromatic heterocycles. The average molecular weight is 348 g/mol. The van der Waals surface area contributed by atoms with Crippen LogP contribution in [-0.4, -0.2) is 24.1 Å². The first-order valence-electron chi connectivity index (χ1n) is 9.15. The minimum absolute atomic E-state index is 0.0496. The molecular formula is C22H24N2O2. The summed E-state index contributed by atoms with van der Waals surface area (Å²) in [5.74, 6) is -0.211. The molecule has 0 saturated carbocycles. The van der Waals surface area contributed by atoms with Crippen molar-refractivity contribution in [2.45, 2.75) is 38.8 Å². The highest BCUT2D eigenvalue weighted by Crippen LogP contribution is 2.37. The van der Waals surface area contributed by atoms with Gasteiger partial charge in [-0.15, -0.1) is 0 Å². The fourth-order valence-corrected chi connectivity index (χ4v) is 4.22. The van der Waals surface area contributed by atoms with Gasteiger partial charge in [0.05, 0.1) is 13.2 Å². The molecule has 2 unspecified atom stereocenters. The highest BCUT2D eigenvalue weighted by Gasteiger charge is 2.35. The Morgan fingerprint density at radius 3 is 2.77 bits per heavy atom. The van der Waals surface area contributed by atoms with Gasteiger partial charge in [0, 0.05) is 23.0 Å². The number of ether oxygens (including phenoxy) is 1. The van der Waals surface area contributed by atoms with Crippen molar-refractivity contribution in [2.75, 3.05) is 7.11 Å². The Morgan fingerprint density at radius 2 is 2.00 bits per heavy atom. The van der Waals surface area contributed by atoms with Crippen LogP contribution in [-0.2, 0) is 22.4 Å². The van der Waals surface area contributed by atoms with E-state index in [4.69, 9.17) is 4.74 Å². The van der Waals surface area contributed by atoms with Crippen molar-refractivity contribution in [1.82, 2.24) is 10.3 Å². The van der Waals surface area contributed by atoms with E-state index in [0.29, 0.717) is 6.42 Å². The van der Waals surface area contributed by atoms with Crippen LogP contribution in [0.4, 0.5) is 0 Å². The van der Waals surface area contributed by atoms with Crippen LogP contribution in [0, 0.1) is 6.92 Å². The van der Waals surface area contributed by atoms with Gasteiger partial charge >= 0.3 is 5.97 Å². The van der Waals surface area contributed by atoms with E-state index < -0.39 is 0 Å². The van der Waals surface area contributed by atoms with Crippen LogP contribution in [0.2, 0.25) is 0 Å². The Kier molecular flexibility index (Phi) is 4.29. The molecule has 0 bridgehead atoms. The fraction of sp³-hybridized carbons (Fsp3) is 0.318. The van der Waals surface area contributed by atoms with E-state index in [1.807, 2.05) is 12.1 Å². The zero-order valence-electron chi connectivity index (χ0n) is 15.4. The molecule has 2 aromatic carbocycles. The number of aromatic amines is 1. The van der Waals surface area contributed by atoms with Crippen molar-refractivity contribution >= 4 is 16.9 Å². The van der Waals surface area contributed by atoms with Gasteiger partial charge in [0.25, 0.3) is 0 Å². The third-order valence-corrected chi connectivity index (χ3v) is 5.48. The lowest BCUT2D eigenvalue weighted by Gasteiger charge is -2.32. The maximum Gasteiger partial charge on any atom is 0.323 e. The molecule has 1 aliphatic rings. The quantitative estimate of drug-likeness (QED) is 0.708. The molecule has 0 amide bonds. The second kappa shape index (κ2) is 6.61. The largest absolute Gasteiger partial charge is 0.468 e. The van der Waals surface area contributed by atoms with Gasteiger partial charge in [-0.3, -0.25) is 10.1 Å². The summed E-state index contributed by atoms with van der Waals surface area (Å²) in [7, 11) is 1.45. The van der Waals surface area contributed by atoms with Crippen molar-refractivity contribution in [3.8, 4) is 0 Å². The SMILES string of the molecule is CCc1cccc(C)c1C1NC(C(=O)OC)Cc2c1[nH]c1ccccc21. The van der Waals surface area contributed by atoms with Crippen molar-refractivity contribution in [3.05, 3.63) is 70.4 Å². The molecule has 0 saturated heterocycles. The van der Waals surface area contributed by atoms with E-state index in [1.165, 1.54) is 34.7 Å². The number of aromatic nitrogens is 1. The van der Waals surface area contributed by atoms with Crippen LogP contribution in [0.5, 0.6) is 0 Å². The number of hydrogen-bond acceptors (Lipinski definition) is 3. The highest BCUT2D eigenvalue weighted by molar-refractivity contribution is 5.87. The molecule has 134 valence electrons. The van der Waals surface area contributed by atoms with Gasteiger partial charge in [-0.2, -0.15) is 0 Å². The number of aryl methyl sites for hydroxylation is 2. The van der Waals surface area contributed by atoms with Crippen LogP contribution in [0.3, 0.4) is 0 Å². The Balaban J connectivity index is 1.94. The lowest BCUT2D eigenvalue weighted by molar-refractivity contribution is -0.143. The molecule has 2 N–H and O–H groups in total. The summed E-state index contributed by atoms with van der Waals surface area (Å²) in [5.41, 5.74) is 7.29. The maximum absolute atomic E-state index is 12.4. The van der Waals surface area contributed by atoms with Crippen LogP contribution in [0.25, 0.3) is 10.9 Å². The molecule has 4 heteroatoms. The predicted octanol–water partition coefficient (Wildman–Crippen LogP) is 3.82. The van der Waals surface area contributed by atoms with Crippen LogP contribution in [0.15, 0.2) is 42.5 Å². The third kappa shape index (κ3) is 2.61. The Hall–Kier alpha value is -2.59. The number of carbonyl (C=O) groups excluding carboxylic acids is 1. The molecule has 2 heterocycles. The van der Waals surface area contributed by atoms with Gasteiger partial charge in [-0.05, 0) is 41.7 Å². The normalized spacial score (nSPS) is 19.3. The first-order chi connectivity index (χ1) is 12.6. The van der Waals surface area contributed by atoms with E-state index in [2.05, 4.69) is 54.5 Å². The monoisotopic (exact) mass is 348 g/mol. The van der Waals surface area contributed by atoms with E-state index in [9.17, 15) is 4.79 Å². The number of benzene rings is 2. The summed E-state index contributed by atoms with van der Waals surface area (Å²) >= 11 is 0. The van der Waals surface area contributed by atoms with Gasteiger partial charge in [0.2, 0.25) is 0 Å². The molecular weight excluding hydrogens is 324 g/mol. The summed E-state index contributed by atoms with van der Waals surface area (Å²) in [6, 6.07) is 14.3. The minimum atomic E-state index is -0.346. The first-order valence-corrected chi connectivity index (χ1v) is 9.15. The first kappa shape index (κ1) is 16.9. The van der Waals surface area contributed by atoms with E-state index in [0.717, 1.165) is 17.6 Å². The van der Waals surface area contributed by atoms with Gasteiger partial charge in [0.15, 0.2) is 0 Å². The number of rotatable bonds is 3. The number of esters is 1. The summed E-state index contributed by atoms with van der Waals surface area (Å²) in [6.45, 7) is 4.31. The van der Waals surface area contributed by atoms with Crippen molar-refractivity contribution in [3.63, 3.8) is 0 Å². The van der Waals surface area contributed by atoms with Crippen LogP contribution < -0.4 is 5.32 Å². The lowest BCUT2D eigenvalue weighted by atomic mass is 9.86. The Bertz CT molecular complexity index is 973. The van der Waals surface area contributed by atoms with Crippen LogP contribution in [0.1, 0.15) is 40.9 Å². The predicted molar refractivity (Wildman–Crippen MR) is 103 cm³/mol.